The summed E-state index contributed by atoms with van der Waals surface area (Å²) in [6, 6.07) is 9.76. The first-order valence-electron chi connectivity index (χ1n) is 11.5. The van der Waals surface area contributed by atoms with Crippen molar-refractivity contribution in [3.8, 4) is 5.75 Å². The normalized spacial score (nSPS) is 15.8. The van der Waals surface area contributed by atoms with Gasteiger partial charge < -0.3 is 10.0 Å². The summed E-state index contributed by atoms with van der Waals surface area (Å²) >= 11 is 0. The summed E-state index contributed by atoms with van der Waals surface area (Å²) in [4.78, 5) is 20.4. The summed E-state index contributed by atoms with van der Waals surface area (Å²) < 4.78 is 1.91. The maximum absolute atomic E-state index is 13.9. The molecule has 1 aliphatic carbocycles. The number of benzene rings is 1. The lowest BCUT2D eigenvalue weighted by molar-refractivity contribution is -0.120. The van der Waals surface area contributed by atoms with Crippen molar-refractivity contribution in [2.75, 3.05) is 4.90 Å². The fraction of sp³-hybridized carbons (Fsp3) is 0.423. The monoisotopic (exact) mass is 432 g/mol. The lowest BCUT2D eigenvalue weighted by atomic mass is 9.81. The molecule has 1 N–H and O–H groups in total. The molecule has 3 aromatic rings. The van der Waals surface area contributed by atoms with E-state index in [1.807, 2.05) is 46.2 Å². The molecule has 1 unspecified atom stereocenters. The highest BCUT2D eigenvalue weighted by Gasteiger charge is 2.32. The number of anilines is 1. The fourth-order valence-electron chi connectivity index (χ4n) is 4.39. The number of fused-ring (bicyclic) bond motifs is 1. The van der Waals surface area contributed by atoms with E-state index in [0.29, 0.717) is 12.5 Å². The van der Waals surface area contributed by atoms with Gasteiger partial charge in [0, 0.05) is 23.5 Å². The van der Waals surface area contributed by atoms with Gasteiger partial charge in [-0.15, -0.1) is 0 Å². The largest absolute Gasteiger partial charge is 0.508 e. The maximum atomic E-state index is 13.9. The molecule has 0 radical (unpaired) electrons. The molecule has 4 rings (SSSR count). The van der Waals surface area contributed by atoms with Crippen LogP contribution in [0.4, 0.5) is 5.69 Å². The Morgan fingerprint density at radius 3 is 2.66 bits per heavy atom. The molecule has 0 saturated carbocycles. The van der Waals surface area contributed by atoms with Gasteiger partial charge in [-0.2, -0.15) is 5.10 Å². The van der Waals surface area contributed by atoms with E-state index >= 15 is 0 Å². The highest BCUT2D eigenvalue weighted by molar-refractivity contribution is 5.98. The van der Waals surface area contributed by atoms with Crippen molar-refractivity contribution < 1.29 is 9.90 Å². The molecular formula is C26H32N4O2. The zero-order valence-corrected chi connectivity index (χ0v) is 19.3. The highest BCUT2D eigenvalue weighted by atomic mass is 16.3. The summed E-state index contributed by atoms with van der Waals surface area (Å²) in [5.74, 6) is 0.363. The number of hydrogen-bond donors (Lipinski definition) is 1. The van der Waals surface area contributed by atoms with Crippen LogP contribution in [0.1, 0.15) is 80.8 Å². The number of amides is 1. The molecule has 1 amide bonds. The van der Waals surface area contributed by atoms with E-state index in [4.69, 9.17) is 0 Å². The summed E-state index contributed by atoms with van der Waals surface area (Å²) in [6.45, 7) is 8.81. The highest BCUT2D eigenvalue weighted by Crippen LogP contribution is 2.38. The van der Waals surface area contributed by atoms with E-state index in [2.05, 4.69) is 37.8 Å². The van der Waals surface area contributed by atoms with Gasteiger partial charge in [-0.05, 0) is 68.4 Å². The predicted molar refractivity (Wildman–Crippen MR) is 126 cm³/mol. The molecule has 2 aromatic heterocycles. The first-order chi connectivity index (χ1) is 15.3. The Morgan fingerprint density at radius 2 is 2.00 bits per heavy atom. The minimum atomic E-state index is -0.282. The Bertz CT molecular complexity index is 1090. The molecule has 2 heterocycles. The molecule has 0 saturated heterocycles. The molecule has 1 atom stereocenters. The van der Waals surface area contributed by atoms with E-state index < -0.39 is 0 Å². The maximum Gasteiger partial charge on any atom is 0.234 e. The van der Waals surface area contributed by atoms with Crippen LogP contribution < -0.4 is 4.90 Å². The Morgan fingerprint density at radius 1 is 1.19 bits per heavy atom. The molecular weight excluding hydrogens is 400 g/mol. The van der Waals surface area contributed by atoms with E-state index in [9.17, 15) is 9.90 Å². The van der Waals surface area contributed by atoms with E-state index in [1.165, 1.54) is 0 Å². The van der Waals surface area contributed by atoms with Crippen molar-refractivity contribution in [2.24, 2.45) is 0 Å². The Hall–Kier alpha value is -3.15. The third kappa shape index (κ3) is 4.40. The van der Waals surface area contributed by atoms with Crippen LogP contribution >= 0.6 is 0 Å². The van der Waals surface area contributed by atoms with Gasteiger partial charge in [-0.3, -0.25) is 14.5 Å². The number of aromatic nitrogens is 3. The van der Waals surface area contributed by atoms with Gasteiger partial charge >= 0.3 is 0 Å². The number of phenols is 1. The van der Waals surface area contributed by atoms with Crippen LogP contribution in [-0.2, 0) is 17.8 Å². The number of nitrogens with zero attached hydrogens (tertiary/aromatic N) is 4. The predicted octanol–water partition coefficient (Wildman–Crippen LogP) is 5.34. The first kappa shape index (κ1) is 22.1. The molecule has 168 valence electrons. The van der Waals surface area contributed by atoms with Crippen LogP contribution in [0.3, 0.4) is 0 Å². The van der Waals surface area contributed by atoms with Gasteiger partial charge in [-0.25, -0.2) is 0 Å². The topological polar surface area (TPSA) is 71.2 Å². The standard InChI is InChI=1S/C26H32N4O2/c1-17(2)24-12-11-20(14-27-24)29(15-19-13-28-30(16-19)18(3)4)26(32)23-9-5-8-22-21(23)7-6-10-25(22)31/h6-7,10-14,16-18,23,31H,5,8-9,15H2,1-4H3. The molecule has 0 aliphatic heterocycles. The van der Waals surface area contributed by atoms with Crippen LogP contribution in [0, 0.1) is 0 Å². The summed E-state index contributed by atoms with van der Waals surface area (Å²) in [6.07, 6.45) is 8.08. The van der Waals surface area contributed by atoms with E-state index in [0.717, 1.165) is 47.3 Å². The van der Waals surface area contributed by atoms with Gasteiger partial charge in [0.25, 0.3) is 0 Å². The molecule has 1 aliphatic rings. The smallest absolute Gasteiger partial charge is 0.234 e. The van der Waals surface area contributed by atoms with Gasteiger partial charge in [0.05, 0.1) is 30.5 Å². The molecule has 0 bridgehead atoms. The Balaban J connectivity index is 1.70. The molecule has 1 aromatic carbocycles. The van der Waals surface area contributed by atoms with Crippen molar-refractivity contribution in [2.45, 2.75) is 71.4 Å². The van der Waals surface area contributed by atoms with Crippen molar-refractivity contribution >= 4 is 11.6 Å². The van der Waals surface area contributed by atoms with Crippen molar-refractivity contribution in [1.82, 2.24) is 14.8 Å². The second-order valence-electron chi connectivity index (χ2n) is 9.23. The van der Waals surface area contributed by atoms with Crippen LogP contribution in [0.25, 0.3) is 0 Å². The second-order valence-corrected chi connectivity index (χ2v) is 9.23. The van der Waals surface area contributed by atoms with Gasteiger partial charge in [0.2, 0.25) is 5.91 Å². The first-order valence-corrected chi connectivity index (χ1v) is 11.5. The Kier molecular flexibility index (Phi) is 6.31. The van der Waals surface area contributed by atoms with E-state index in [-0.39, 0.29) is 23.6 Å². The Labute approximate surface area is 189 Å². The van der Waals surface area contributed by atoms with Crippen LogP contribution in [0.2, 0.25) is 0 Å². The molecule has 6 heteroatoms. The molecule has 0 spiro atoms. The van der Waals surface area contributed by atoms with Gasteiger partial charge in [0.15, 0.2) is 0 Å². The third-order valence-electron chi connectivity index (χ3n) is 6.25. The number of pyridine rings is 1. The number of rotatable bonds is 6. The fourth-order valence-corrected chi connectivity index (χ4v) is 4.39. The quantitative estimate of drug-likeness (QED) is 0.571. The second kappa shape index (κ2) is 9.15. The average molecular weight is 433 g/mol. The van der Waals surface area contributed by atoms with Crippen molar-refractivity contribution in [3.63, 3.8) is 0 Å². The minimum absolute atomic E-state index is 0.0351. The zero-order chi connectivity index (χ0) is 22.8. The van der Waals surface area contributed by atoms with Crippen LogP contribution in [-0.4, -0.2) is 25.8 Å². The lowest BCUT2D eigenvalue weighted by Crippen LogP contribution is -2.36. The number of phenolic OH excluding ortho intramolecular Hbond substituents is 1. The summed E-state index contributed by atoms with van der Waals surface area (Å²) in [5.41, 5.74) is 4.60. The number of carbonyl (C=O) groups is 1. The van der Waals surface area contributed by atoms with Crippen molar-refractivity contribution in [3.05, 3.63) is 71.3 Å². The van der Waals surface area contributed by atoms with Gasteiger partial charge in [-0.1, -0.05) is 26.0 Å². The molecule has 0 fully saturated rings. The summed E-state index contributed by atoms with van der Waals surface area (Å²) in [7, 11) is 0. The number of carbonyl (C=O) groups excluding carboxylic acids is 1. The molecule has 32 heavy (non-hydrogen) atoms. The number of hydrogen-bond acceptors (Lipinski definition) is 4. The third-order valence-corrected chi connectivity index (χ3v) is 6.25. The zero-order valence-electron chi connectivity index (χ0n) is 19.3. The van der Waals surface area contributed by atoms with Crippen LogP contribution in [0.15, 0.2) is 48.9 Å². The number of aromatic hydroxyl groups is 1. The van der Waals surface area contributed by atoms with Gasteiger partial charge in [0.1, 0.15) is 5.75 Å². The SMILES string of the molecule is CC(C)c1ccc(N(Cc2cnn(C(C)C)c2)C(=O)C2CCCc3c(O)cccc32)cn1. The van der Waals surface area contributed by atoms with Crippen LogP contribution in [0.5, 0.6) is 5.75 Å². The molecule has 6 nitrogen and oxygen atoms in total. The average Bonchev–Trinajstić information content (AvgIpc) is 3.26. The minimum Gasteiger partial charge on any atom is -0.508 e. The van der Waals surface area contributed by atoms with E-state index in [1.54, 1.807) is 12.3 Å². The van der Waals surface area contributed by atoms with Crippen molar-refractivity contribution in [1.29, 1.82) is 0 Å². The lowest BCUT2D eigenvalue weighted by Gasteiger charge is -2.31. The summed E-state index contributed by atoms with van der Waals surface area (Å²) in [5, 5.41) is 14.8.